The van der Waals surface area contributed by atoms with Crippen molar-refractivity contribution in [3.63, 3.8) is 0 Å². The molecule has 0 atom stereocenters. The minimum absolute atomic E-state index is 0.224. The fourth-order valence-corrected chi connectivity index (χ4v) is 11.1. The lowest BCUT2D eigenvalue weighted by atomic mass is 9.80. The van der Waals surface area contributed by atoms with Crippen molar-refractivity contribution in [1.82, 2.24) is 9.80 Å². The molecule has 4 aromatic rings. The third-order valence-corrected chi connectivity index (χ3v) is 14.8. The van der Waals surface area contributed by atoms with Gasteiger partial charge >= 0.3 is 12.1 Å². The van der Waals surface area contributed by atoms with Crippen molar-refractivity contribution in [1.29, 1.82) is 0 Å². The molecule has 2 saturated carbocycles. The Morgan fingerprint density at radius 2 is 0.786 bits per heavy atom. The van der Waals surface area contributed by atoms with Crippen LogP contribution in [-0.2, 0) is 19.2 Å². The molecular formula is C58H74N6O6. The highest BCUT2D eigenvalue weighted by molar-refractivity contribution is 6.19. The van der Waals surface area contributed by atoms with Crippen LogP contribution in [0.25, 0.3) is 0 Å². The quantitative estimate of drug-likeness (QED) is 0.136. The molecule has 2 aliphatic heterocycles. The molecule has 12 nitrogen and oxygen atoms in total. The molecule has 0 radical (unpaired) electrons. The molecule has 70 heavy (non-hydrogen) atoms. The van der Waals surface area contributed by atoms with Gasteiger partial charge in [-0.25, -0.2) is 9.59 Å². The number of carbonyl (C=O) groups is 6. The van der Waals surface area contributed by atoms with Crippen LogP contribution in [0, 0.1) is 6.92 Å². The minimum Gasteiger partial charge on any atom is -0.324 e. The number of urea groups is 2. The van der Waals surface area contributed by atoms with Crippen molar-refractivity contribution in [3.05, 3.63) is 119 Å². The lowest BCUT2D eigenvalue weighted by Gasteiger charge is -2.38. The number of rotatable bonds is 12. The summed E-state index contributed by atoms with van der Waals surface area (Å²) < 4.78 is 0. The molecule has 8 rings (SSSR count). The first kappa shape index (κ1) is 51.5. The average Bonchev–Trinajstić information content (AvgIpc) is 3.49. The fraction of sp³-hybridized carbons (Fsp3) is 0.483. The highest BCUT2D eigenvalue weighted by Crippen LogP contribution is 2.45. The summed E-state index contributed by atoms with van der Waals surface area (Å²) in [4.78, 5) is 87.2. The third kappa shape index (κ3) is 10.3. The third-order valence-electron chi connectivity index (χ3n) is 14.8. The number of hydrogen-bond acceptors (Lipinski definition) is 6. The summed E-state index contributed by atoms with van der Waals surface area (Å²) >= 11 is 0. The topological polar surface area (TPSA) is 139 Å². The molecule has 0 unspecified atom stereocenters. The van der Waals surface area contributed by atoms with Crippen molar-refractivity contribution >= 4 is 58.4 Å². The van der Waals surface area contributed by atoms with Gasteiger partial charge in [0.1, 0.15) is 24.2 Å². The molecule has 2 N–H and O–H groups in total. The van der Waals surface area contributed by atoms with E-state index in [2.05, 4.69) is 66.0 Å². The molecule has 2 spiro atoms. The Bertz CT molecular complexity index is 2500. The van der Waals surface area contributed by atoms with E-state index < -0.39 is 23.1 Å². The van der Waals surface area contributed by atoms with Crippen molar-refractivity contribution in [2.24, 2.45) is 0 Å². The van der Waals surface area contributed by atoms with Gasteiger partial charge in [-0.2, -0.15) is 0 Å². The second-order valence-electron chi connectivity index (χ2n) is 21.1. The number of anilines is 4. The monoisotopic (exact) mass is 951 g/mol. The first-order valence-electron chi connectivity index (χ1n) is 25.7. The maximum absolute atomic E-state index is 13.9. The summed E-state index contributed by atoms with van der Waals surface area (Å²) in [6, 6.07) is 28.4. The van der Waals surface area contributed by atoms with Gasteiger partial charge in [-0.1, -0.05) is 173 Å². The molecule has 2 saturated heterocycles. The van der Waals surface area contributed by atoms with E-state index in [1.807, 2.05) is 97.9 Å². The molecule has 2 heterocycles. The van der Waals surface area contributed by atoms with Gasteiger partial charge in [-0.3, -0.25) is 38.8 Å². The predicted octanol–water partition coefficient (Wildman–Crippen LogP) is 12.8. The van der Waals surface area contributed by atoms with Gasteiger partial charge in [0.15, 0.2) is 0 Å². The van der Waals surface area contributed by atoms with E-state index >= 15 is 0 Å². The molecule has 4 fully saturated rings. The maximum Gasteiger partial charge on any atom is 0.332 e. The highest BCUT2D eigenvalue weighted by atomic mass is 16.2. The summed E-state index contributed by atoms with van der Waals surface area (Å²) in [5.41, 5.74) is 6.50. The van der Waals surface area contributed by atoms with Crippen LogP contribution >= 0.6 is 0 Å². The smallest absolute Gasteiger partial charge is 0.324 e. The molecule has 0 bridgehead atoms. The van der Waals surface area contributed by atoms with E-state index in [-0.39, 0.29) is 60.4 Å². The molecule has 372 valence electrons. The van der Waals surface area contributed by atoms with Crippen LogP contribution in [0.1, 0.15) is 178 Å². The molecule has 0 aromatic heterocycles. The largest absolute Gasteiger partial charge is 0.332 e. The molecule has 4 aromatic carbocycles. The first-order chi connectivity index (χ1) is 33.4. The second-order valence-corrected chi connectivity index (χ2v) is 21.1. The van der Waals surface area contributed by atoms with Gasteiger partial charge in [-0.05, 0) is 103 Å². The van der Waals surface area contributed by atoms with E-state index in [0.717, 1.165) is 89.0 Å². The second kappa shape index (κ2) is 21.8. The summed E-state index contributed by atoms with van der Waals surface area (Å²) in [5, 5.41) is 6.12. The molecular weight excluding hydrogens is 877 g/mol. The van der Waals surface area contributed by atoms with Crippen molar-refractivity contribution in [2.75, 3.05) is 33.5 Å². The lowest BCUT2D eigenvalue weighted by molar-refractivity contribution is -0.134. The first-order valence-corrected chi connectivity index (χ1v) is 25.7. The SMILES string of the molecule is CC(C)c1cccc(C(C)C)c1NC(=O)CN1C(=O)N(c2ccccc2)C2(CCCCCC2)C1=O.Cc1ccc(N2C(=O)N(CC(=O)Nc3c(C(C)C)cccc3C(C)C)C(=O)C23CCCCC3)cc1. The van der Waals surface area contributed by atoms with Crippen LogP contribution in [0.4, 0.5) is 32.3 Å². The number of carbonyl (C=O) groups excluding carboxylic acids is 6. The number of nitrogens with one attached hydrogen (secondary N) is 2. The Kier molecular flexibility index (Phi) is 16.0. The van der Waals surface area contributed by atoms with E-state index in [4.69, 9.17) is 0 Å². The lowest BCUT2D eigenvalue weighted by Crippen LogP contribution is -2.51. The number of amides is 8. The molecule has 4 aliphatic rings. The van der Waals surface area contributed by atoms with Gasteiger partial charge in [0, 0.05) is 22.7 Å². The van der Waals surface area contributed by atoms with Crippen LogP contribution in [-0.4, -0.2) is 69.7 Å². The predicted molar refractivity (Wildman–Crippen MR) is 280 cm³/mol. The van der Waals surface area contributed by atoms with Crippen LogP contribution in [0.5, 0.6) is 0 Å². The Labute approximate surface area is 415 Å². The Morgan fingerprint density at radius 3 is 1.13 bits per heavy atom. The van der Waals surface area contributed by atoms with E-state index in [0.29, 0.717) is 37.1 Å². The number of nitrogens with zero attached hydrogens (tertiary/aromatic N) is 4. The Balaban J connectivity index is 0.000000206. The van der Waals surface area contributed by atoms with E-state index in [1.54, 1.807) is 9.80 Å². The van der Waals surface area contributed by atoms with E-state index in [9.17, 15) is 28.8 Å². The van der Waals surface area contributed by atoms with Gasteiger partial charge in [-0.15, -0.1) is 0 Å². The van der Waals surface area contributed by atoms with Crippen LogP contribution in [0.3, 0.4) is 0 Å². The Morgan fingerprint density at radius 1 is 0.457 bits per heavy atom. The normalized spacial score (nSPS) is 17.8. The average molecular weight is 951 g/mol. The van der Waals surface area contributed by atoms with Crippen LogP contribution < -0.4 is 20.4 Å². The van der Waals surface area contributed by atoms with Gasteiger partial charge in [0.25, 0.3) is 11.8 Å². The maximum atomic E-state index is 13.9. The van der Waals surface area contributed by atoms with Crippen molar-refractivity contribution < 1.29 is 28.8 Å². The zero-order chi connectivity index (χ0) is 50.5. The molecule has 2 aliphatic carbocycles. The van der Waals surface area contributed by atoms with Crippen molar-refractivity contribution in [3.8, 4) is 0 Å². The number of hydrogen-bond donors (Lipinski definition) is 2. The molecule has 12 heteroatoms. The Hall–Kier alpha value is -6.30. The van der Waals surface area contributed by atoms with E-state index in [1.165, 1.54) is 4.90 Å². The zero-order valence-corrected chi connectivity index (χ0v) is 42.9. The van der Waals surface area contributed by atoms with Crippen LogP contribution in [0.2, 0.25) is 0 Å². The fourth-order valence-electron chi connectivity index (χ4n) is 11.1. The van der Waals surface area contributed by atoms with Gasteiger partial charge in [0.2, 0.25) is 11.8 Å². The summed E-state index contributed by atoms with van der Waals surface area (Å²) in [6.07, 6.45) is 9.21. The number of aryl methyl sites for hydroxylation is 1. The summed E-state index contributed by atoms with van der Waals surface area (Å²) in [5.74, 6) is -0.297. The molecule has 8 amide bonds. The number of imide groups is 2. The summed E-state index contributed by atoms with van der Waals surface area (Å²) in [6.45, 7) is 18.2. The standard InChI is InChI=1S/2C29H37N3O3/c1-19(2)23-10-9-11-24(20(3)4)26(23)30-25(33)18-31-27(34)29(16-7-6-8-17-29)32(28(31)35)22-14-12-21(5)13-15-22;1-20(2)23-15-12-16-24(21(3)4)26(23)30-25(33)19-31-27(34)29(17-10-5-6-11-18-29)32(28(31)35)22-13-8-7-9-14-22/h9-15,19-20H,6-8,16-18H2,1-5H3,(H,30,33);7-9,12-16,20-21H,5-6,10-11,17-19H2,1-4H3,(H,30,33). The van der Waals surface area contributed by atoms with Crippen molar-refractivity contribution in [2.45, 2.75) is 168 Å². The van der Waals surface area contributed by atoms with Crippen LogP contribution in [0.15, 0.2) is 91.0 Å². The van der Waals surface area contributed by atoms with Gasteiger partial charge < -0.3 is 10.6 Å². The number of para-hydroxylation sites is 3. The zero-order valence-electron chi connectivity index (χ0n) is 42.9. The number of benzene rings is 4. The van der Waals surface area contributed by atoms with Gasteiger partial charge in [0.05, 0.1) is 0 Å². The highest BCUT2D eigenvalue weighted by Gasteiger charge is 2.59. The summed E-state index contributed by atoms with van der Waals surface area (Å²) in [7, 11) is 0. The minimum atomic E-state index is -0.909.